The van der Waals surface area contributed by atoms with Crippen LogP contribution in [0.3, 0.4) is 0 Å². The molecule has 0 aliphatic carbocycles. The average molecular weight is 244 g/mol. The molecule has 1 aliphatic rings. The highest BCUT2D eigenvalue weighted by molar-refractivity contribution is 6.29. The summed E-state index contributed by atoms with van der Waals surface area (Å²) >= 11 is 5.75. The SMILES string of the molecule is OCc1nc(Cl)ccc1C1(O)CCOCC1. The summed E-state index contributed by atoms with van der Waals surface area (Å²) in [6.07, 6.45) is 1.03. The van der Waals surface area contributed by atoms with Crippen LogP contribution < -0.4 is 0 Å². The Bertz CT molecular complexity index is 377. The van der Waals surface area contributed by atoms with E-state index in [0.29, 0.717) is 42.5 Å². The Balaban J connectivity index is 2.37. The van der Waals surface area contributed by atoms with Gasteiger partial charge in [0.2, 0.25) is 0 Å². The van der Waals surface area contributed by atoms with Gasteiger partial charge in [0.05, 0.1) is 17.9 Å². The second-order valence-electron chi connectivity index (χ2n) is 3.93. The van der Waals surface area contributed by atoms with Gasteiger partial charge in [-0.2, -0.15) is 0 Å². The molecular formula is C11H14ClNO3. The van der Waals surface area contributed by atoms with Crippen molar-refractivity contribution >= 4 is 11.6 Å². The third-order valence-corrected chi connectivity index (χ3v) is 3.12. The zero-order chi connectivity index (χ0) is 11.6. The Morgan fingerprint density at radius 1 is 1.38 bits per heavy atom. The predicted molar refractivity (Wildman–Crippen MR) is 59.1 cm³/mol. The van der Waals surface area contributed by atoms with E-state index in [1.54, 1.807) is 12.1 Å². The normalized spacial score (nSPS) is 19.7. The Morgan fingerprint density at radius 3 is 2.69 bits per heavy atom. The fourth-order valence-electron chi connectivity index (χ4n) is 2.00. The molecular weight excluding hydrogens is 230 g/mol. The van der Waals surface area contributed by atoms with Crippen molar-refractivity contribution < 1.29 is 14.9 Å². The van der Waals surface area contributed by atoms with Crippen molar-refractivity contribution in [2.75, 3.05) is 13.2 Å². The summed E-state index contributed by atoms with van der Waals surface area (Å²) in [5, 5.41) is 20.0. The number of aliphatic hydroxyl groups excluding tert-OH is 1. The molecule has 1 aliphatic heterocycles. The predicted octanol–water partition coefficient (Wildman–Crippen LogP) is 1.23. The number of hydrogen-bond acceptors (Lipinski definition) is 4. The van der Waals surface area contributed by atoms with Gasteiger partial charge in [-0.15, -0.1) is 0 Å². The van der Waals surface area contributed by atoms with Gasteiger partial charge in [0.15, 0.2) is 0 Å². The van der Waals surface area contributed by atoms with Crippen molar-refractivity contribution in [1.29, 1.82) is 0 Å². The minimum atomic E-state index is -0.950. The fraction of sp³-hybridized carbons (Fsp3) is 0.545. The summed E-state index contributed by atoms with van der Waals surface area (Å²) in [6.45, 7) is 0.813. The highest BCUT2D eigenvalue weighted by Crippen LogP contribution is 2.34. The van der Waals surface area contributed by atoms with Gasteiger partial charge in [-0.1, -0.05) is 17.7 Å². The van der Waals surface area contributed by atoms with E-state index in [-0.39, 0.29) is 6.61 Å². The summed E-state index contributed by atoms with van der Waals surface area (Å²) < 4.78 is 5.21. The van der Waals surface area contributed by atoms with Crippen molar-refractivity contribution in [2.24, 2.45) is 0 Å². The van der Waals surface area contributed by atoms with Crippen LogP contribution in [0.4, 0.5) is 0 Å². The molecule has 0 unspecified atom stereocenters. The molecule has 1 fully saturated rings. The quantitative estimate of drug-likeness (QED) is 0.767. The van der Waals surface area contributed by atoms with Gasteiger partial charge >= 0.3 is 0 Å². The third-order valence-electron chi connectivity index (χ3n) is 2.91. The molecule has 1 aromatic rings. The highest BCUT2D eigenvalue weighted by atomic mass is 35.5. The number of nitrogens with zero attached hydrogens (tertiary/aromatic N) is 1. The summed E-state index contributed by atoms with van der Waals surface area (Å²) in [4.78, 5) is 4.03. The lowest BCUT2D eigenvalue weighted by Crippen LogP contribution is -2.34. The summed E-state index contributed by atoms with van der Waals surface area (Å²) in [6, 6.07) is 3.36. The molecule has 0 saturated carbocycles. The molecule has 2 N–H and O–H groups in total. The first-order chi connectivity index (χ1) is 7.65. The molecule has 1 saturated heterocycles. The molecule has 1 aromatic heterocycles. The minimum absolute atomic E-state index is 0.223. The Labute approximate surface area is 98.8 Å². The molecule has 2 rings (SSSR count). The lowest BCUT2D eigenvalue weighted by atomic mass is 9.85. The van der Waals surface area contributed by atoms with Crippen LogP contribution in [0.25, 0.3) is 0 Å². The van der Waals surface area contributed by atoms with Crippen LogP contribution in [-0.4, -0.2) is 28.4 Å². The van der Waals surface area contributed by atoms with E-state index in [2.05, 4.69) is 4.98 Å². The Morgan fingerprint density at radius 2 is 2.06 bits per heavy atom. The number of ether oxygens (including phenoxy) is 1. The van der Waals surface area contributed by atoms with E-state index in [9.17, 15) is 10.2 Å². The number of aromatic nitrogens is 1. The summed E-state index contributed by atoms with van der Waals surface area (Å²) in [7, 11) is 0. The fourth-order valence-corrected chi connectivity index (χ4v) is 2.16. The monoisotopic (exact) mass is 243 g/mol. The number of rotatable bonds is 2. The molecule has 4 nitrogen and oxygen atoms in total. The summed E-state index contributed by atoms with van der Waals surface area (Å²) in [5.41, 5.74) is 0.146. The molecule has 0 aromatic carbocycles. The Hall–Kier alpha value is -0.680. The smallest absolute Gasteiger partial charge is 0.129 e. The van der Waals surface area contributed by atoms with E-state index in [1.165, 1.54) is 0 Å². The zero-order valence-electron chi connectivity index (χ0n) is 8.82. The topological polar surface area (TPSA) is 62.6 Å². The summed E-state index contributed by atoms with van der Waals surface area (Å²) in [5.74, 6) is 0. The first kappa shape index (κ1) is 11.8. The maximum atomic E-state index is 10.5. The van der Waals surface area contributed by atoms with Crippen LogP contribution in [0.15, 0.2) is 12.1 Å². The van der Waals surface area contributed by atoms with E-state index in [4.69, 9.17) is 16.3 Å². The van der Waals surface area contributed by atoms with Crippen molar-refractivity contribution in [2.45, 2.75) is 25.0 Å². The largest absolute Gasteiger partial charge is 0.390 e. The molecule has 0 radical (unpaired) electrons. The maximum Gasteiger partial charge on any atom is 0.129 e. The molecule has 0 bridgehead atoms. The van der Waals surface area contributed by atoms with Crippen molar-refractivity contribution in [3.63, 3.8) is 0 Å². The second-order valence-corrected chi connectivity index (χ2v) is 4.32. The highest BCUT2D eigenvalue weighted by Gasteiger charge is 2.34. The van der Waals surface area contributed by atoms with Crippen molar-refractivity contribution in [3.8, 4) is 0 Å². The lowest BCUT2D eigenvalue weighted by Gasteiger charge is -2.33. The van der Waals surface area contributed by atoms with Crippen molar-refractivity contribution in [1.82, 2.24) is 4.98 Å². The number of halogens is 1. The van der Waals surface area contributed by atoms with Gasteiger partial charge in [-0.25, -0.2) is 4.98 Å². The standard InChI is InChI=1S/C11H14ClNO3/c12-10-2-1-8(9(7-14)13-10)11(15)3-5-16-6-4-11/h1-2,14-15H,3-7H2. The van der Waals surface area contributed by atoms with Crippen molar-refractivity contribution in [3.05, 3.63) is 28.5 Å². The molecule has 2 heterocycles. The van der Waals surface area contributed by atoms with Gasteiger partial charge < -0.3 is 14.9 Å². The minimum Gasteiger partial charge on any atom is -0.390 e. The lowest BCUT2D eigenvalue weighted by molar-refractivity contribution is -0.0691. The van der Waals surface area contributed by atoms with Crippen LogP contribution in [0.5, 0.6) is 0 Å². The Kier molecular flexibility index (Phi) is 3.44. The molecule has 0 amide bonds. The van der Waals surface area contributed by atoms with Gasteiger partial charge in [0.25, 0.3) is 0 Å². The van der Waals surface area contributed by atoms with Crippen LogP contribution in [0.1, 0.15) is 24.1 Å². The molecule has 0 atom stereocenters. The molecule has 16 heavy (non-hydrogen) atoms. The first-order valence-corrected chi connectivity index (χ1v) is 5.60. The van der Waals surface area contributed by atoms with Gasteiger partial charge in [0.1, 0.15) is 5.15 Å². The average Bonchev–Trinajstić information content (AvgIpc) is 2.29. The number of pyridine rings is 1. The molecule has 0 spiro atoms. The molecule has 88 valence electrons. The number of hydrogen-bond donors (Lipinski definition) is 2. The van der Waals surface area contributed by atoms with Crippen LogP contribution in [-0.2, 0) is 16.9 Å². The first-order valence-electron chi connectivity index (χ1n) is 5.22. The van der Waals surface area contributed by atoms with Gasteiger partial charge in [0, 0.05) is 31.6 Å². The van der Waals surface area contributed by atoms with Crippen LogP contribution in [0.2, 0.25) is 5.15 Å². The number of aliphatic hydroxyl groups is 2. The van der Waals surface area contributed by atoms with Gasteiger partial charge in [-0.05, 0) is 6.07 Å². The van der Waals surface area contributed by atoms with Crippen LogP contribution >= 0.6 is 11.6 Å². The van der Waals surface area contributed by atoms with E-state index in [0.717, 1.165) is 0 Å². The van der Waals surface area contributed by atoms with Crippen LogP contribution in [0, 0.1) is 0 Å². The van der Waals surface area contributed by atoms with E-state index >= 15 is 0 Å². The zero-order valence-corrected chi connectivity index (χ0v) is 9.57. The third kappa shape index (κ3) is 2.20. The van der Waals surface area contributed by atoms with E-state index in [1.807, 2.05) is 0 Å². The maximum absolute atomic E-state index is 10.5. The molecule has 5 heteroatoms. The van der Waals surface area contributed by atoms with E-state index < -0.39 is 5.60 Å². The van der Waals surface area contributed by atoms with Gasteiger partial charge in [-0.3, -0.25) is 0 Å². The second kappa shape index (κ2) is 4.67.